The van der Waals surface area contributed by atoms with Crippen LogP contribution in [0.4, 0.5) is 0 Å². The fraction of sp³-hybridized carbons (Fsp3) is 0.333. The van der Waals surface area contributed by atoms with E-state index in [4.69, 9.17) is 9.26 Å². The van der Waals surface area contributed by atoms with Crippen LogP contribution in [0.2, 0.25) is 0 Å². The Kier molecular flexibility index (Phi) is 2.03. The fourth-order valence-electron chi connectivity index (χ4n) is 1.63. The van der Waals surface area contributed by atoms with Crippen molar-refractivity contribution in [3.63, 3.8) is 0 Å². The lowest BCUT2D eigenvalue weighted by Crippen LogP contribution is -2.38. The van der Waals surface area contributed by atoms with Gasteiger partial charge in [-0.25, -0.2) is 10.9 Å². The summed E-state index contributed by atoms with van der Waals surface area (Å²) in [6.45, 7) is 1.90. The molecule has 2 aromatic heterocycles. The number of aromatic amines is 1. The molecule has 2 atom stereocenters. The zero-order valence-corrected chi connectivity index (χ0v) is 8.60. The highest BCUT2D eigenvalue weighted by Crippen LogP contribution is 2.31. The Bertz CT molecular complexity index is 454. The van der Waals surface area contributed by atoms with Gasteiger partial charge in [0, 0.05) is 11.8 Å². The van der Waals surface area contributed by atoms with Crippen molar-refractivity contribution in [1.29, 1.82) is 0 Å². The largest absolute Gasteiger partial charge is 0.364 e. The van der Waals surface area contributed by atoms with E-state index in [-0.39, 0.29) is 6.23 Å². The summed E-state index contributed by atoms with van der Waals surface area (Å²) in [4.78, 5) is 0. The van der Waals surface area contributed by atoms with E-state index in [0.717, 1.165) is 11.1 Å². The lowest BCUT2D eigenvalue weighted by Gasteiger charge is -2.20. The van der Waals surface area contributed by atoms with Crippen LogP contribution in [0.25, 0.3) is 0 Å². The highest BCUT2D eigenvalue weighted by Gasteiger charge is 2.39. The van der Waals surface area contributed by atoms with Gasteiger partial charge in [0.05, 0.1) is 18.0 Å². The van der Waals surface area contributed by atoms with E-state index in [2.05, 4.69) is 26.2 Å². The SMILES string of the molecule is CC1(c2cnoc2)NNC(c2cn[nH]c2)O1. The van der Waals surface area contributed by atoms with Gasteiger partial charge in [0.1, 0.15) is 6.26 Å². The number of rotatable bonds is 2. The van der Waals surface area contributed by atoms with Crippen molar-refractivity contribution in [2.24, 2.45) is 0 Å². The van der Waals surface area contributed by atoms with Crippen molar-refractivity contribution < 1.29 is 9.26 Å². The van der Waals surface area contributed by atoms with Crippen LogP contribution < -0.4 is 10.9 Å². The molecule has 0 amide bonds. The molecule has 0 aromatic carbocycles. The van der Waals surface area contributed by atoms with Crippen LogP contribution in [0.1, 0.15) is 24.3 Å². The summed E-state index contributed by atoms with van der Waals surface area (Å²) >= 11 is 0. The van der Waals surface area contributed by atoms with E-state index in [1.54, 1.807) is 24.9 Å². The predicted molar refractivity (Wildman–Crippen MR) is 52.5 cm³/mol. The molecule has 7 nitrogen and oxygen atoms in total. The van der Waals surface area contributed by atoms with Gasteiger partial charge in [-0.05, 0) is 6.92 Å². The first-order valence-corrected chi connectivity index (χ1v) is 4.87. The molecule has 2 unspecified atom stereocenters. The van der Waals surface area contributed by atoms with Crippen LogP contribution in [0.5, 0.6) is 0 Å². The smallest absolute Gasteiger partial charge is 0.161 e. The average molecular weight is 221 g/mol. The Morgan fingerprint density at radius 3 is 3.06 bits per heavy atom. The van der Waals surface area contributed by atoms with E-state index in [9.17, 15) is 0 Å². The molecule has 2 aromatic rings. The van der Waals surface area contributed by atoms with Crippen molar-refractivity contribution in [3.8, 4) is 0 Å². The first-order chi connectivity index (χ1) is 7.78. The van der Waals surface area contributed by atoms with Crippen LogP contribution in [0.15, 0.2) is 29.4 Å². The maximum absolute atomic E-state index is 5.86. The summed E-state index contributed by atoms with van der Waals surface area (Å²) in [7, 11) is 0. The second-order valence-electron chi connectivity index (χ2n) is 3.75. The van der Waals surface area contributed by atoms with Crippen molar-refractivity contribution in [3.05, 3.63) is 36.0 Å². The minimum Gasteiger partial charge on any atom is -0.364 e. The molecule has 0 spiro atoms. The number of nitrogens with one attached hydrogen (secondary N) is 3. The molecule has 0 bridgehead atoms. The summed E-state index contributed by atoms with van der Waals surface area (Å²) in [5, 5.41) is 10.3. The van der Waals surface area contributed by atoms with E-state index < -0.39 is 5.72 Å². The number of nitrogens with zero attached hydrogens (tertiary/aromatic N) is 2. The molecular weight excluding hydrogens is 210 g/mol. The Morgan fingerprint density at radius 2 is 2.38 bits per heavy atom. The van der Waals surface area contributed by atoms with Gasteiger partial charge in [0.25, 0.3) is 0 Å². The first kappa shape index (κ1) is 9.52. The average Bonchev–Trinajstić information content (AvgIpc) is 3.00. The van der Waals surface area contributed by atoms with Gasteiger partial charge in [-0.3, -0.25) is 5.10 Å². The second-order valence-corrected chi connectivity index (χ2v) is 3.75. The van der Waals surface area contributed by atoms with Gasteiger partial charge >= 0.3 is 0 Å². The van der Waals surface area contributed by atoms with Gasteiger partial charge in [0.2, 0.25) is 0 Å². The molecule has 3 heterocycles. The van der Waals surface area contributed by atoms with E-state index in [1.165, 1.54) is 0 Å². The van der Waals surface area contributed by atoms with Gasteiger partial charge < -0.3 is 9.26 Å². The predicted octanol–water partition coefficient (Wildman–Crippen LogP) is 0.394. The summed E-state index contributed by atoms with van der Waals surface area (Å²) in [5.74, 6) is 0. The molecule has 0 saturated carbocycles. The van der Waals surface area contributed by atoms with Crippen LogP contribution in [0.3, 0.4) is 0 Å². The Morgan fingerprint density at radius 1 is 1.44 bits per heavy atom. The number of aromatic nitrogens is 3. The van der Waals surface area contributed by atoms with Crippen LogP contribution in [0, 0.1) is 0 Å². The molecule has 84 valence electrons. The molecule has 16 heavy (non-hydrogen) atoms. The number of hydrogen-bond donors (Lipinski definition) is 3. The highest BCUT2D eigenvalue weighted by atomic mass is 16.6. The number of H-pyrrole nitrogens is 1. The van der Waals surface area contributed by atoms with Gasteiger partial charge in [-0.15, -0.1) is 0 Å². The number of ether oxygens (including phenoxy) is 1. The maximum Gasteiger partial charge on any atom is 0.161 e. The monoisotopic (exact) mass is 221 g/mol. The third kappa shape index (κ3) is 1.42. The standard InChI is InChI=1S/C9H11N5O2/c1-9(7-4-12-15-5-7)14-13-8(16-9)6-2-10-11-3-6/h2-5,8,13-14H,1H3,(H,10,11). The lowest BCUT2D eigenvalue weighted by atomic mass is 10.1. The third-order valence-electron chi connectivity index (χ3n) is 2.60. The normalized spacial score (nSPS) is 29.7. The van der Waals surface area contributed by atoms with Gasteiger partial charge in [-0.1, -0.05) is 5.16 Å². The molecule has 3 rings (SSSR count). The quantitative estimate of drug-likeness (QED) is 0.680. The van der Waals surface area contributed by atoms with Gasteiger partial charge in [-0.2, -0.15) is 5.10 Å². The minimum atomic E-state index is -0.651. The van der Waals surface area contributed by atoms with Crippen LogP contribution in [-0.2, 0) is 10.5 Å². The van der Waals surface area contributed by atoms with Crippen molar-refractivity contribution in [2.75, 3.05) is 0 Å². The zero-order chi connectivity index (χ0) is 11.0. The zero-order valence-electron chi connectivity index (χ0n) is 8.60. The maximum atomic E-state index is 5.86. The van der Waals surface area contributed by atoms with Crippen molar-refractivity contribution in [2.45, 2.75) is 18.9 Å². The summed E-state index contributed by atoms with van der Waals surface area (Å²) in [6.07, 6.45) is 6.40. The van der Waals surface area contributed by atoms with E-state index >= 15 is 0 Å². The summed E-state index contributed by atoms with van der Waals surface area (Å²) in [5.41, 5.74) is 7.19. The molecule has 1 aliphatic heterocycles. The molecule has 7 heteroatoms. The molecule has 0 radical (unpaired) electrons. The molecule has 1 aliphatic rings. The van der Waals surface area contributed by atoms with E-state index in [0.29, 0.717) is 0 Å². The fourth-order valence-corrected chi connectivity index (χ4v) is 1.63. The lowest BCUT2D eigenvalue weighted by molar-refractivity contribution is -0.0452. The Labute approximate surface area is 91.1 Å². The van der Waals surface area contributed by atoms with Crippen molar-refractivity contribution in [1.82, 2.24) is 26.2 Å². The number of hydrogen-bond acceptors (Lipinski definition) is 6. The summed E-state index contributed by atoms with van der Waals surface area (Å²) < 4.78 is 10.7. The molecule has 0 aliphatic carbocycles. The van der Waals surface area contributed by atoms with Crippen LogP contribution >= 0.6 is 0 Å². The van der Waals surface area contributed by atoms with E-state index in [1.807, 2.05) is 6.92 Å². The van der Waals surface area contributed by atoms with Crippen molar-refractivity contribution >= 4 is 0 Å². The molecule has 3 N–H and O–H groups in total. The number of hydrazine groups is 1. The highest BCUT2D eigenvalue weighted by molar-refractivity contribution is 5.15. The first-order valence-electron chi connectivity index (χ1n) is 4.87. The molecular formula is C9H11N5O2. The van der Waals surface area contributed by atoms with Gasteiger partial charge in [0.15, 0.2) is 12.0 Å². The molecule has 1 saturated heterocycles. The molecule has 1 fully saturated rings. The minimum absolute atomic E-state index is 0.251. The summed E-state index contributed by atoms with van der Waals surface area (Å²) in [6, 6.07) is 0. The second kappa shape index (κ2) is 3.41. The van der Waals surface area contributed by atoms with Crippen LogP contribution in [-0.4, -0.2) is 15.4 Å². The topological polar surface area (TPSA) is 88.0 Å². The Balaban J connectivity index is 1.83. The Hall–Kier alpha value is -1.70. The third-order valence-corrected chi connectivity index (χ3v) is 2.60.